The van der Waals surface area contributed by atoms with Crippen LogP contribution in [0.25, 0.3) is 5.70 Å². The normalized spacial score (nSPS) is 11.7. The Kier molecular flexibility index (Phi) is 6.47. The Bertz CT molecular complexity index is 825. The Labute approximate surface area is 153 Å². The molecule has 2 aromatic rings. The zero-order chi connectivity index (χ0) is 19.2. The van der Waals surface area contributed by atoms with Crippen LogP contribution in [-0.4, -0.2) is 10.8 Å². The molecule has 0 aromatic heterocycles. The molecule has 0 bridgehead atoms. The Morgan fingerprint density at radius 2 is 1.77 bits per heavy atom. The van der Waals surface area contributed by atoms with E-state index in [1.54, 1.807) is 0 Å². The van der Waals surface area contributed by atoms with Crippen molar-refractivity contribution >= 4 is 23.4 Å². The first-order valence-electron chi connectivity index (χ1n) is 7.57. The summed E-state index contributed by atoms with van der Waals surface area (Å²) >= 11 is 0.804. The molecule has 0 saturated carbocycles. The van der Waals surface area contributed by atoms with E-state index in [1.165, 1.54) is 29.4 Å². The van der Waals surface area contributed by atoms with Crippen LogP contribution in [0.1, 0.15) is 23.6 Å². The van der Waals surface area contributed by atoms with E-state index >= 15 is 0 Å². The van der Waals surface area contributed by atoms with Crippen LogP contribution in [0.4, 0.5) is 13.2 Å². The minimum Gasteiger partial charge on any atom is -0.307 e. The number of carbonyl (C=O) groups is 1. The van der Waals surface area contributed by atoms with Crippen molar-refractivity contribution < 1.29 is 18.0 Å². The Morgan fingerprint density at radius 3 is 2.27 bits per heavy atom. The summed E-state index contributed by atoms with van der Waals surface area (Å²) in [6.07, 6.45) is -4.44. The Hall–Kier alpha value is -2.72. The lowest BCUT2D eigenvalue weighted by Gasteiger charge is -2.25. The number of thiocyanates is 1. The van der Waals surface area contributed by atoms with Crippen molar-refractivity contribution in [2.75, 3.05) is 0 Å². The third-order valence-electron chi connectivity index (χ3n) is 3.59. The number of hydrogen-bond donors (Lipinski definition) is 0. The minimum absolute atomic E-state index is 0.245. The third kappa shape index (κ3) is 5.14. The summed E-state index contributed by atoms with van der Waals surface area (Å²) in [5.41, 5.74) is 0.891. The SMILES string of the molecule is CC(=O)N(Cc1ccccc1)/C(=C/SC#N)c1ccc(C(F)(F)F)cc1. The molecule has 2 rings (SSSR count). The van der Waals surface area contributed by atoms with Gasteiger partial charge in [-0.3, -0.25) is 4.79 Å². The lowest BCUT2D eigenvalue weighted by Crippen LogP contribution is -2.26. The molecule has 1 amide bonds. The molecule has 0 heterocycles. The topological polar surface area (TPSA) is 44.1 Å². The van der Waals surface area contributed by atoms with Gasteiger partial charge in [0.2, 0.25) is 5.91 Å². The van der Waals surface area contributed by atoms with E-state index in [4.69, 9.17) is 5.26 Å². The summed E-state index contributed by atoms with van der Waals surface area (Å²) in [5.74, 6) is -0.279. The van der Waals surface area contributed by atoms with E-state index in [0.717, 1.165) is 29.5 Å². The first kappa shape index (κ1) is 19.6. The summed E-state index contributed by atoms with van der Waals surface area (Å²) in [5, 5.41) is 12.2. The van der Waals surface area contributed by atoms with Crippen molar-refractivity contribution in [3.05, 3.63) is 76.7 Å². The largest absolute Gasteiger partial charge is 0.416 e. The number of thioether (sulfide) groups is 1. The van der Waals surface area contributed by atoms with Crippen LogP contribution >= 0.6 is 11.8 Å². The monoisotopic (exact) mass is 376 g/mol. The van der Waals surface area contributed by atoms with Gasteiger partial charge in [0.15, 0.2) is 0 Å². The molecule has 2 aromatic carbocycles. The summed E-state index contributed by atoms with van der Waals surface area (Å²) in [6, 6.07) is 13.7. The summed E-state index contributed by atoms with van der Waals surface area (Å²) < 4.78 is 38.3. The van der Waals surface area contributed by atoms with Gasteiger partial charge in [0.05, 0.1) is 17.8 Å². The highest BCUT2D eigenvalue weighted by Crippen LogP contribution is 2.31. The zero-order valence-electron chi connectivity index (χ0n) is 13.8. The van der Waals surface area contributed by atoms with Crippen LogP contribution in [0.15, 0.2) is 60.0 Å². The van der Waals surface area contributed by atoms with Gasteiger partial charge in [-0.2, -0.15) is 18.4 Å². The van der Waals surface area contributed by atoms with Crippen molar-refractivity contribution in [3.8, 4) is 5.40 Å². The number of rotatable bonds is 5. The van der Waals surface area contributed by atoms with Gasteiger partial charge in [-0.05, 0) is 35.0 Å². The fraction of sp³-hybridized carbons (Fsp3) is 0.158. The summed E-state index contributed by atoms with van der Waals surface area (Å²) in [6.45, 7) is 1.62. The number of halogens is 3. The van der Waals surface area contributed by atoms with Gasteiger partial charge < -0.3 is 4.90 Å². The molecule has 0 saturated heterocycles. The molecule has 0 radical (unpaired) electrons. The van der Waals surface area contributed by atoms with E-state index in [9.17, 15) is 18.0 Å². The minimum atomic E-state index is -4.44. The van der Waals surface area contributed by atoms with Gasteiger partial charge in [-0.15, -0.1) is 0 Å². The average Bonchev–Trinajstić information content (AvgIpc) is 2.61. The number of amides is 1. The predicted molar refractivity (Wildman–Crippen MR) is 95.3 cm³/mol. The van der Waals surface area contributed by atoms with Crippen molar-refractivity contribution in [3.63, 3.8) is 0 Å². The van der Waals surface area contributed by atoms with Gasteiger partial charge in [0, 0.05) is 12.3 Å². The molecule has 0 unspecified atom stereocenters. The van der Waals surface area contributed by atoms with Crippen LogP contribution in [0.2, 0.25) is 0 Å². The Balaban J connectivity index is 2.41. The van der Waals surface area contributed by atoms with Gasteiger partial charge in [-0.1, -0.05) is 42.5 Å². The molecular weight excluding hydrogens is 361 g/mol. The van der Waals surface area contributed by atoms with Gasteiger partial charge in [0.25, 0.3) is 0 Å². The van der Waals surface area contributed by atoms with E-state index in [-0.39, 0.29) is 12.5 Å². The third-order valence-corrected chi connectivity index (χ3v) is 4.03. The van der Waals surface area contributed by atoms with E-state index in [1.807, 2.05) is 35.7 Å². The van der Waals surface area contributed by atoms with Crippen molar-refractivity contribution in [1.82, 2.24) is 4.90 Å². The number of hydrogen-bond acceptors (Lipinski definition) is 3. The summed E-state index contributed by atoms with van der Waals surface area (Å²) in [7, 11) is 0. The highest BCUT2D eigenvalue weighted by atomic mass is 32.2. The molecule has 0 aliphatic heterocycles. The number of nitriles is 1. The molecule has 26 heavy (non-hydrogen) atoms. The molecular formula is C19H15F3N2OS. The standard InChI is InChI=1S/C19H15F3N2OS/c1-14(25)24(11-15-5-3-2-4-6-15)18(12-26-13-23)16-7-9-17(10-8-16)19(20,21)22/h2-10,12H,11H2,1H3/b18-12+. The molecule has 7 heteroatoms. The molecule has 3 nitrogen and oxygen atoms in total. The van der Waals surface area contributed by atoms with Gasteiger partial charge in [-0.25, -0.2) is 0 Å². The van der Waals surface area contributed by atoms with E-state index < -0.39 is 11.7 Å². The van der Waals surface area contributed by atoms with Crippen LogP contribution < -0.4 is 0 Å². The quantitative estimate of drug-likeness (QED) is 0.668. The van der Waals surface area contributed by atoms with Crippen molar-refractivity contribution in [1.29, 1.82) is 5.26 Å². The summed E-state index contributed by atoms with van der Waals surface area (Å²) in [4.78, 5) is 13.6. The first-order valence-corrected chi connectivity index (χ1v) is 8.45. The molecule has 0 aliphatic rings. The maximum Gasteiger partial charge on any atom is 0.416 e. The number of benzene rings is 2. The molecule has 0 N–H and O–H groups in total. The fourth-order valence-corrected chi connectivity index (χ4v) is 2.76. The Morgan fingerprint density at radius 1 is 1.15 bits per heavy atom. The molecule has 0 aliphatic carbocycles. The van der Waals surface area contributed by atoms with Gasteiger partial charge in [0.1, 0.15) is 5.40 Å². The molecule has 0 atom stereocenters. The second-order valence-corrected chi connectivity index (χ2v) is 6.03. The second-order valence-electron chi connectivity index (χ2n) is 5.38. The highest BCUT2D eigenvalue weighted by Gasteiger charge is 2.30. The van der Waals surface area contributed by atoms with Crippen LogP contribution in [0, 0.1) is 10.7 Å². The lowest BCUT2D eigenvalue weighted by atomic mass is 10.1. The highest BCUT2D eigenvalue weighted by molar-refractivity contribution is 8.06. The van der Waals surface area contributed by atoms with Crippen molar-refractivity contribution in [2.45, 2.75) is 19.6 Å². The zero-order valence-corrected chi connectivity index (χ0v) is 14.6. The molecule has 134 valence electrons. The number of nitrogens with zero attached hydrogens (tertiary/aromatic N) is 2. The smallest absolute Gasteiger partial charge is 0.307 e. The predicted octanol–water partition coefficient (Wildman–Crippen LogP) is 5.27. The number of alkyl halides is 3. The molecule has 0 spiro atoms. The number of carbonyl (C=O) groups excluding carboxylic acids is 1. The lowest BCUT2D eigenvalue weighted by molar-refractivity contribution is -0.137. The van der Waals surface area contributed by atoms with Crippen LogP contribution in [0.3, 0.4) is 0 Å². The van der Waals surface area contributed by atoms with Gasteiger partial charge >= 0.3 is 6.18 Å². The average molecular weight is 376 g/mol. The first-order chi connectivity index (χ1) is 12.3. The molecule has 0 fully saturated rings. The van der Waals surface area contributed by atoms with Crippen LogP contribution in [0.5, 0.6) is 0 Å². The fourth-order valence-electron chi connectivity index (χ4n) is 2.33. The van der Waals surface area contributed by atoms with Crippen molar-refractivity contribution in [2.24, 2.45) is 0 Å². The van der Waals surface area contributed by atoms with Crippen LogP contribution in [-0.2, 0) is 17.5 Å². The van der Waals surface area contributed by atoms with E-state index in [2.05, 4.69) is 0 Å². The van der Waals surface area contributed by atoms with E-state index in [0.29, 0.717) is 11.3 Å². The maximum atomic E-state index is 12.8. The second kappa shape index (κ2) is 8.59. The maximum absolute atomic E-state index is 12.8.